The fourth-order valence-corrected chi connectivity index (χ4v) is 3.30. The largest absolute Gasteiger partial charge is 0.479 e. The van der Waals surface area contributed by atoms with E-state index in [4.69, 9.17) is 14.6 Å². The Bertz CT molecular complexity index is 390. The van der Waals surface area contributed by atoms with Crippen LogP contribution in [-0.4, -0.2) is 60.4 Å². The number of likely N-dealkylation sites (tertiary alicyclic amines) is 1. The Morgan fingerprint density at radius 2 is 2.00 bits per heavy atom. The summed E-state index contributed by atoms with van der Waals surface area (Å²) >= 11 is 0. The van der Waals surface area contributed by atoms with Crippen LogP contribution in [0.25, 0.3) is 0 Å². The highest BCUT2D eigenvalue weighted by atomic mass is 16.5. The zero-order chi connectivity index (χ0) is 13.5. The Hall–Kier alpha value is -1.14. The molecule has 0 aromatic heterocycles. The number of rotatable bonds is 2. The van der Waals surface area contributed by atoms with E-state index in [0.29, 0.717) is 12.8 Å². The lowest BCUT2D eigenvalue weighted by atomic mass is 9.87. The molecule has 0 bridgehead atoms. The molecule has 6 nitrogen and oxygen atoms in total. The summed E-state index contributed by atoms with van der Waals surface area (Å²) in [6.07, 6.45) is 1.54. The van der Waals surface area contributed by atoms with Crippen LogP contribution in [0, 0.1) is 5.41 Å². The van der Waals surface area contributed by atoms with E-state index in [1.54, 1.807) is 0 Å². The average Bonchev–Trinajstić information content (AvgIpc) is 3.11. The van der Waals surface area contributed by atoms with E-state index in [1.807, 2.05) is 4.90 Å². The molecule has 1 amide bonds. The Balaban J connectivity index is 1.58. The summed E-state index contributed by atoms with van der Waals surface area (Å²) in [5.41, 5.74) is 0.139. The molecule has 1 unspecified atom stereocenters. The van der Waals surface area contributed by atoms with Gasteiger partial charge in [0, 0.05) is 25.1 Å². The quantitative estimate of drug-likeness (QED) is 0.778. The number of aliphatic carboxylic acids is 1. The van der Waals surface area contributed by atoms with Gasteiger partial charge in [0.25, 0.3) is 5.91 Å². The third-order valence-electron chi connectivity index (χ3n) is 4.51. The van der Waals surface area contributed by atoms with Crippen molar-refractivity contribution in [1.82, 2.24) is 4.90 Å². The van der Waals surface area contributed by atoms with Crippen molar-refractivity contribution in [3.63, 3.8) is 0 Å². The van der Waals surface area contributed by atoms with Crippen molar-refractivity contribution >= 4 is 11.9 Å². The first kappa shape index (κ1) is 12.9. The van der Waals surface area contributed by atoms with Crippen molar-refractivity contribution in [3.05, 3.63) is 0 Å². The summed E-state index contributed by atoms with van der Waals surface area (Å²) in [7, 11) is 0. The van der Waals surface area contributed by atoms with Crippen LogP contribution in [0.15, 0.2) is 0 Å². The molecule has 106 valence electrons. The van der Waals surface area contributed by atoms with E-state index >= 15 is 0 Å². The van der Waals surface area contributed by atoms with Gasteiger partial charge >= 0.3 is 5.97 Å². The second-order valence-electron chi connectivity index (χ2n) is 5.84. The van der Waals surface area contributed by atoms with Crippen molar-refractivity contribution < 1.29 is 24.2 Å². The average molecular weight is 269 g/mol. The lowest BCUT2D eigenvalue weighted by molar-refractivity contribution is -0.154. The van der Waals surface area contributed by atoms with Crippen molar-refractivity contribution in [2.24, 2.45) is 5.41 Å². The molecule has 19 heavy (non-hydrogen) atoms. The van der Waals surface area contributed by atoms with Crippen LogP contribution >= 0.6 is 0 Å². The van der Waals surface area contributed by atoms with Gasteiger partial charge in [-0.3, -0.25) is 4.79 Å². The summed E-state index contributed by atoms with van der Waals surface area (Å²) in [4.78, 5) is 25.0. The zero-order valence-electron chi connectivity index (χ0n) is 10.8. The molecule has 6 heteroatoms. The second-order valence-corrected chi connectivity index (χ2v) is 5.84. The predicted molar refractivity (Wildman–Crippen MR) is 64.6 cm³/mol. The van der Waals surface area contributed by atoms with E-state index in [-0.39, 0.29) is 11.3 Å². The molecule has 1 N–H and O–H groups in total. The van der Waals surface area contributed by atoms with Gasteiger partial charge in [0.1, 0.15) is 6.10 Å². The maximum absolute atomic E-state index is 12.3. The van der Waals surface area contributed by atoms with Gasteiger partial charge in [0.2, 0.25) is 0 Å². The van der Waals surface area contributed by atoms with Crippen LogP contribution in [0.4, 0.5) is 0 Å². The van der Waals surface area contributed by atoms with Gasteiger partial charge in [-0.1, -0.05) is 0 Å². The Kier molecular flexibility index (Phi) is 3.22. The number of carbonyl (C=O) groups excluding carboxylic acids is 1. The monoisotopic (exact) mass is 269 g/mol. The molecule has 3 saturated heterocycles. The number of carboxylic acid groups (broad SMARTS) is 1. The molecule has 3 aliphatic rings. The maximum atomic E-state index is 12.3. The molecule has 0 aromatic rings. The second kappa shape index (κ2) is 4.76. The first-order valence-electron chi connectivity index (χ1n) is 6.84. The molecular formula is C13H19NO5. The number of amides is 1. The minimum absolute atomic E-state index is 0.0486. The summed E-state index contributed by atoms with van der Waals surface area (Å²) in [6, 6.07) is 0. The van der Waals surface area contributed by atoms with Crippen molar-refractivity contribution in [2.75, 3.05) is 26.3 Å². The third-order valence-corrected chi connectivity index (χ3v) is 4.51. The van der Waals surface area contributed by atoms with E-state index in [2.05, 4.69) is 0 Å². The normalized spacial score (nSPS) is 38.2. The first-order chi connectivity index (χ1) is 9.10. The Morgan fingerprint density at radius 1 is 1.21 bits per heavy atom. The highest BCUT2D eigenvalue weighted by Crippen LogP contribution is 2.38. The van der Waals surface area contributed by atoms with Gasteiger partial charge < -0.3 is 19.5 Å². The van der Waals surface area contributed by atoms with Crippen molar-refractivity contribution in [3.8, 4) is 0 Å². The molecule has 0 radical (unpaired) electrons. The highest BCUT2D eigenvalue weighted by molar-refractivity contribution is 5.83. The van der Waals surface area contributed by atoms with E-state index in [1.165, 1.54) is 0 Å². The van der Waals surface area contributed by atoms with Gasteiger partial charge in [-0.2, -0.15) is 0 Å². The molecule has 3 atom stereocenters. The van der Waals surface area contributed by atoms with E-state index in [0.717, 1.165) is 39.1 Å². The van der Waals surface area contributed by atoms with Crippen LogP contribution in [0.5, 0.6) is 0 Å². The minimum atomic E-state index is -0.975. The zero-order valence-corrected chi connectivity index (χ0v) is 10.8. The van der Waals surface area contributed by atoms with Crippen LogP contribution in [0.3, 0.4) is 0 Å². The lowest BCUT2D eigenvalue weighted by Crippen LogP contribution is -2.39. The van der Waals surface area contributed by atoms with E-state index in [9.17, 15) is 9.59 Å². The van der Waals surface area contributed by atoms with Crippen LogP contribution in [0.1, 0.15) is 25.7 Å². The standard InChI is InChI=1S/C13H19NO5/c15-11(9-1-2-10(19-9)12(16)17)14-5-3-13(7-14)4-6-18-8-13/h9-10H,1-8H2,(H,16,17)/t9-,10+,13?/m0/s1. The molecule has 3 fully saturated rings. The molecular weight excluding hydrogens is 250 g/mol. The SMILES string of the molecule is O=C(O)[C@H]1CC[C@@H](C(=O)N2CCC3(CCOC3)C2)O1. The topological polar surface area (TPSA) is 76.1 Å². The molecule has 0 aliphatic carbocycles. The van der Waals surface area contributed by atoms with Crippen molar-refractivity contribution in [2.45, 2.75) is 37.9 Å². The number of ether oxygens (including phenoxy) is 2. The van der Waals surface area contributed by atoms with Crippen LogP contribution < -0.4 is 0 Å². The molecule has 3 aliphatic heterocycles. The minimum Gasteiger partial charge on any atom is -0.479 e. The first-order valence-corrected chi connectivity index (χ1v) is 6.84. The summed E-state index contributed by atoms with van der Waals surface area (Å²) in [5.74, 6) is -1.02. The Morgan fingerprint density at radius 3 is 2.63 bits per heavy atom. The number of nitrogens with zero attached hydrogens (tertiary/aromatic N) is 1. The predicted octanol–water partition coefficient (Wildman–Crippen LogP) is 0.258. The van der Waals surface area contributed by atoms with Crippen molar-refractivity contribution in [1.29, 1.82) is 0 Å². The number of carbonyl (C=O) groups is 2. The summed E-state index contributed by atoms with van der Waals surface area (Å²) in [5, 5.41) is 8.88. The van der Waals surface area contributed by atoms with Crippen LogP contribution in [0.2, 0.25) is 0 Å². The van der Waals surface area contributed by atoms with Gasteiger partial charge in [0.05, 0.1) is 6.61 Å². The molecule has 0 aromatic carbocycles. The van der Waals surface area contributed by atoms with E-state index < -0.39 is 18.2 Å². The highest BCUT2D eigenvalue weighted by Gasteiger charge is 2.45. The molecule has 1 spiro atoms. The molecule has 0 saturated carbocycles. The molecule has 3 rings (SSSR count). The maximum Gasteiger partial charge on any atom is 0.332 e. The fraction of sp³-hybridized carbons (Fsp3) is 0.846. The summed E-state index contributed by atoms with van der Waals surface area (Å²) < 4.78 is 10.8. The fourth-order valence-electron chi connectivity index (χ4n) is 3.30. The van der Waals surface area contributed by atoms with Gasteiger partial charge in [0.15, 0.2) is 6.10 Å². The summed E-state index contributed by atoms with van der Waals surface area (Å²) in [6.45, 7) is 2.98. The van der Waals surface area contributed by atoms with Gasteiger partial charge in [-0.15, -0.1) is 0 Å². The van der Waals surface area contributed by atoms with Gasteiger partial charge in [-0.25, -0.2) is 4.79 Å². The smallest absolute Gasteiger partial charge is 0.332 e. The molecule has 3 heterocycles. The lowest BCUT2D eigenvalue weighted by Gasteiger charge is -2.24. The number of carboxylic acids is 1. The third kappa shape index (κ3) is 2.34. The number of hydrogen-bond donors (Lipinski definition) is 1. The number of hydrogen-bond acceptors (Lipinski definition) is 4. The van der Waals surface area contributed by atoms with Gasteiger partial charge in [-0.05, 0) is 25.7 Å². The van der Waals surface area contributed by atoms with Crippen LogP contribution in [-0.2, 0) is 19.1 Å². The Labute approximate surface area is 111 Å².